The zero-order chi connectivity index (χ0) is 9.68. The van der Waals surface area contributed by atoms with E-state index in [1.54, 1.807) is 11.8 Å². The molecule has 2 N–H and O–H groups in total. The van der Waals surface area contributed by atoms with E-state index < -0.39 is 6.04 Å². The van der Waals surface area contributed by atoms with Gasteiger partial charge in [-0.15, -0.1) is 11.8 Å². The maximum atomic E-state index is 10.4. The number of rotatable bonds is 4. The maximum Gasteiger partial charge on any atom is 0.141 e. The molecule has 70 valence electrons. The Hall–Kier alpha value is -0.800. The van der Waals surface area contributed by atoms with Crippen molar-refractivity contribution in [3.05, 3.63) is 29.8 Å². The van der Waals surface area contributed by atoms with E-state index in [0.29, 0.717) is 0 Å². The monoisotopic (exact) mass is 195 g/mol. The Bertz CT molecular complexity index is 271. The van der Waals surface area contributed by atoms with Crippen LogP contribution in [0.1, 0.15) is 18.5 Å². The van der Waals surface area contributed by atoms with Crippen molar-refractivity contribution in [3.63, 3.8) is 0 Å². The predicted octanol–water partition coefficient (Wildman–Crippen LogP) is 2.00. The van der Waals surface area contributed by atoms with E-state index in [1.165, 1.54) is 4.90 Å². The van der Waals surface area contributed by atoms with Gasteiger partial charge in [-0.25, -0.2) is 0 Å². The van der Waals surface area contributed by atoms with E-state index in [2.05, 4.69) is 6.92 Å². The van der Waals surface area contributed by atoms with Crippen molar-refractivity contribution < 1.29 is 4.79 Å². The number of carbonyl (C=O) groups is 1. The highest BCUT2D eigenvalue weighted by Crippen LogP contribution is 2.19. The highest BCUT2D eigenvalue weighted by atomic mass is 32.2. The summed E-state index contributed by atoms with van der Waals surface area (Å²) < 4.78 is 0. The number of thioether (sulfide) groups is 1. The van der Waals surface area contributed by atoms with E-state index in [-0.39, 0.29) is 0 Å². The van der Waals surface area contributed by atoms with Gasteiger partial charge in [0, 0.05) is 4.90 Å². The Morgan fingerprint density at radius 1 is 1.46 bits per heavy atom. The zero-order valence-corrected chi connectivity index (χ0v) is 8.38. The fourth-order valence-electron chi connectivity index (χ4n) is 1.03. The molecule has 1 aromatic rings. The minimum absolute atomic E-state index is 0.485. The molecule has 1 unspecified atom stereocenters. The Morgan fingerprint density at radius 2 is 2.08 bits per heavy atom. The fraction of sp³-hybridized carbons (Fsp3) is 0.300. The molecule has 0 heterocycles. The number of nitrogens with two attached hydrogens (primary N) is 1. The Balaban J connectivity index is 2.74. The molecule has 0 aliphatic heterocycles. The predicted molar refractivity (Wildman–Crippen MR) is 55.8 cm³/mol. The third kappa shape index (κ3) is 2.86. The Kier molecular flexibility index (Phi) is 3.99. The molecule has 3 heteroatoms. The maximum absolute atomic E-state index is 10.4. The first kappa shape index (κ1) is 10.3. The molecule has 0 saturated carbocycles. The lowest BCUT2D eigenvalue weighted by Gasteiger charge is -2.04. The van der Waals surface area contributed by atoms with Crippen LogP contribution in [-0.2, 0) is 4.79 Å². The van der Waals surface area contributed by atoms with Gasteiger partial charge in [-0.2, -0.15) is 0 Å². The number of aldehydes is 1. The van der Waals surface area contributed by atoms with Crippen LogP contribution in [0.2, 0.25) is 0 Å². The van der Waals surface area contributed by atoms with Crippen molar-refractivity contribution in [2.24, 2.45) is 5.73 Å². The molecule has 0 bridgehead atoms. The lowest BCUT2D eigenvalue weighted by Crippen LogP contribution is -2.10. The van der Waals surface area contributed by atoms with Gasteiger partial charge in [-0.3, -0.25) is 0 Å². The van der Waals surface area contributed by atoms with Crippen molar-refractivity contribution in [2.75, 3.05) is 5.75 Å². The van der Waals surface area contributed by atoms with Crippen LogP contribution in [-0.4, -0.2) is 12.0 Å². The third-order valence-corrected chi connectivity index (χ3v) is 2.62. The highest BCUT2D eigenvalue weighted by molar-refractivity contribution is 7.99. The lowest BCUT2D eigenvalue weighted by molar-refractivity contribution is -0.109. The van der Waals surface area contributed by atoms with Crippen LogP contribution in [0.4, 0.5) is 0 Å². The second kappa shape index (κ2) is 5.04. The van der Waals surface area contributed by atoms with E-state index >= 15 is 0 Å². The molecule has 0 spiro atoms. The van der Waals surface area contributed by atoms with Crippen LogP contribution < -0.4 is 5.73 Å². The fourth-order valence-corrected chi connectivity index (χ4v) is 1.69. The van der Waals surface area contributed by atoms with Gasteiger partial charge in [0.05, 0.1) is 6.04 Å². The lowest BCUT2D eigenvalue weighted by atomic mass is 10.1. The largest absolute Gasteiger partial charge is 0.318 e. The van der Waals surface area contributed by atoms with Crippen LogP contribution >= 0.6 is 11.8 Å². The summed E-state index contributed by atoms with van der Waals surface area (Å²) in [4.78, 5) is 11.6. The highest BCUT2D eigenvalue weighted by Gasteiger charge is 2.02. The molecule has 0 aliphatic rings. The third-order valence-electron chi connectivity index (χ3n) is 1.72. The minimum atomic E-state index is -0.485. The topological polar surface area (TPSA) is 43.1 Å². The van der Waals surface area contributed by atoms with Crippen LogP contribution in [0.5, 0.6) is 0 Å². The number of benzene rings is 1. The van der Waals surface area contributed by atoms with E-state index in [9.17, 15) is 4.79 Å². The molecular formula is C10H13NOS. The Morgan fingerprint density at radius 3 is 2.54 bits per heavy atom. The minimum Gasteiger partial charge on any atom is -0.318 e. The number of carbonyl (C=O) groups excluding carboxylic acids is 1. The summed E-state index contributed by atoms with van der Waals surface area (Å²) in [7, 11) is 0. The molecular weight excluding hydrogens is 182 g/mol. The van der Waals surface area contributed by atoms with Crippen molar-refractivity contribution in [1.29, 1.82) is 0 Å². The van der Waals surface area contributed by atoms with Gasteiger partial charge in [0.1, 0.15) is 6.29 Å². The smallest absolute Gasteiger partial charge is 0.141 e. The van der Waals surface area contributed by atoms with E-state index in [4.69, 9.17) is 5.73 Å². The normalized spacial score (nSPS) is 12.5. The summed E-state index contributed by atoms with van der Waals surface area (Å²) >= 11 is 1.77. The second-order valence-corrected chi connectivity index (χ2v) is 4.00. The van der Waals surface area contributed by atoms with Gasteiger partial charge in [-0.1, -0.05) is 19.1 Å². The summed E-state index contributed by atoms with van der Waals surface area (Å²) in [6, 6.07) is 7.30. The molecule has 1 rings (SSSR count). The van der Waals surface area contributed by atoms with Gasteiger partial charge < -0.3 is 10.5 Å². The van der Waals surface area contributed by atoms with Crippen LogP contribution in [0.25, 0.3) is 0 Å². The summed E-state index contributed by atoms with van der Waals surface area (Å²) in [5.41, 5.74) is 6.41. The van der Waals surface area contributed by atoms with Crippen LogP contribution in [0.15, 0.2) is 29.2 Å². The van der Waals surface area contributed by atoms with Gasteiger partial charge >= 0.3 is 0 Å². The first-order chi connectivity index (χ1) is 6.27. The first-order valence-corrected chi connectivity index (χ1v) is 5.20. The van der Waals surface area contributed by atoms with Gasteiger partial charge in [0.2, 0.25) is 0 Å². The van der Waals surface area contributed by atoms with E-state index in [0.717, 1.165) is 17.6 Å². The molecule has 0 fully saturated rings. The molecule has 0 saturated heterocycles. The van der Waals surface area contributed by atoms with Crippen molar-refractivity contribution in [1.82, 2.24) is 0 Å². The molecule has 1 atom stereocenters. The molecule has 0 radical (unpaired) electrons. The van der Waals surface area contributed by atoms with Crippen LogP contribution in [0, 0.1) is 0 Å². The number of hydrogen-bond donors (Lipinski definition) is 1. The zero-order valence-electron chi connectivity index (χ0n) is 7.57. The number of hydrogen-bond acceptors (Lipinski definition) is 3. The second-order valence-electron chi connectivity index (χ2n) is 2.66. The molecule has 0 amide bonds. The first-order valence-electron chi connectivity index (χ1n) is 4.21. The standard InChI is InChI=1S/C10H13NOS/c1-2-13-9-5-3-8(4-6-9)10(11)7-12/h3-7,10H,2,11H2,1H3. The molecule has 13 heavy (non-hydrogen) atoms. The van der Waals surface area contributed by atoms with Crippen molar-refractivity contribution in [3.8, 4) is 0 Å². The van der Waals surface area contributed by atoms with Gasteiger partial charge in [0.25, 0.3) is 0 Å². The molecule has 2 nitrogen and oxygen atoms in total. The molecule has 0 aliphatic carbocycles. The average Bonchev–Trinajstić information content (AvgIpc) is 2.18. The summed E-state index contributed by atoms with van der Waals surface area (Å²) in [6.45, 7) is 2.11. The SMILES string of the molecule is CCSc1ccc(C(N)C=O)cc1. The van der Waals surface area contributed by atoms with Crippen molar-refractivity contribution in [2.45, 2.75) is 17.9 Å². The Labute approximate surface area is 82.5 Å². The molecule has 0 aromatic heterocycles. The van der Waals surface area contributed by atoms with Crippen LogP contribution in [0.3, 0.4) is 0 Å². The average molecular weight is 195 g/mol. The van der Waals surface area contributed by atoms with Gasteiger partial charge in [0.15, 0.2) is 0 Å². The van der Waals surface area contributed by atoms with Gasteiger partial charge in [-0.05, 0) is 23.4 Å². The van der Waals surface area contributed by atoms with E-state index in [1.807, 2.05) is 24.3 Å². The summed E-state index contributed by atoms with van der Waals surface area (Å²) in [6.07, 6.45) is 0.752. The van der Waals surface area contributed by atoms with Crippen molar-refractivity contribution >= 4 is 18.0 Å². The quantitative estimate of drug-likeness (QED) is 0.590. The summed E-state index contributed by atoms with van der Waals surface area (Å²) in [5.74, 6) is 1.05. The summed E-state index contributed by atoms with van der Waals surface area (Å²) in [5, 5.41) is 0. The molecule has 1 aromatic carbocycles.